The molecule has 7 nitrogen and oxygen atoms in total. The van der Waals surface area contributed by atoms with Crippen molar-refractivity contribution in [3.05, 3.63) is 29.3 Å². The zero-order valence-electron chi connectivity index (χ0n) is 14.3. The molecule has 0 saturated carbocycles. The molecule has 25 heavy (non-hydrogen) atoms. The second-order valence-corrected chi connectivity index (χ2v) is 6.94. The van der Waals surface area contributed by atoms with E-state index in [9.17, 15) is 19.7 Å². The van der Waals surface area contributed by atoms with Crippen LogP contribution in [0.15, 0.2) is 18.2 Å². The van der Waals surface area contributed by atoms with E-state index >= 15 is 0 Å². The number of para-hydroxylation sites is 1. The Morgan fingerprint density at radius 2 is 2.08 bits per heavy atom. The highest BCUT2D eigenvalue weighted by Gasteiger charge is 2.38. The maximum Gasteiger partial charge on any atom is 0.547 e. The van der Waals surface area contributed by atoms with Crippen LogP contribution < -0.4 is 9.97 Å². The van der Waals surface area contributed by atoms with E-state index < -0.39 is 19.0 Å². The maximum absolute atomic E-state index is 12.3. The van der Waals surface area contributed by atoms with Gasteiger partial charge in [-0.3, -0.25) is 4.79 Å². The van der Waals surface area contributed by atoms with Gasteiger partial charge in [-0.2, -0.15) is 0 Å². The van der Waals surface area contributed by atoms with E-state index in [-0.39, 0.29) is 17.2 Å². The highest BCUT2D eigenvalue weighted by atomic mass is 16.5. The largest absolute Gasteiger partial charge is 0.547 e. The lowest BCUT2D eigenvalue weighted by Gasteiger charge is -2.31. The molecule has 1 aromatic rings. The molecule has 8 heteroatoms. The van der Waals surface area contributed by atoms with Gasteiger partial charge >= 0.3 is 13.1 Å². The van der Waals surface area contributed by atoms with Gasteiger partial charge in [0.25, 0.3) is 0 Å². The average molecular weight is 346 g/mol. The monoisotopic (exact) mass is 346 g/mol. The van der Waals surface area contributed by atoms with Gasteiger partial charge in [-0.15, -0.1) is 0 Å². The number of hydrogen-bond donors (Lipinski definition) is 3. The van der Waals surface area contributed by atoms with Crippen LogP contribution in [-0.2, 0) is 11.2 Å². The Morgan fingerprint density at radius 3 is 2.76 bits per heavy atom. The first-order valence-electron chi connectivity index (χ1n) is 8.62. The molecule has 0 aromatic heterocycles. The summed E-state index contributed by atoms with van der Waals surface area (Å²) in [5.41, 5.74) is 0.697. The fourth-order valence-corrected chi connectivity index (χ4v) is 3.51. The number of carboxylic acid groups (broad SMARTS) is 1. The Labute approximate surface area is 147 Å². The third-order valence-corrected chi connectivity index (χ3v) is 5.01. The number of aromatic carboxylic acids is 1. The molecular weight excluding hydrogens is 323 g/mol. The van der Waals surface area contributed by atoms with Gasteiger partial charge in [-0.05, 0) is 56.9 Å². The van der Waals surface area contributed by atoms with Crippen molar-refractivity contribution in [3.8, 4) is 5.75 Å². The minimum atomic E-state index is -1.26. The predicted octanol–water partition coefficient (Wildman–Crippen LogP) is 0.556. The van der Waals surface area contributed by atoms with Crippen molar-refractivity contribution in [3.63, 3.8) is 0 Å². The van der Waals surface area contributed by atoms with Crippen molar-refractivity contribution in [2.24, 2.45) is 5.92 Å². The fraction of sp³-hybridized carbons (Fsp3) is 0.529. The minimum absolute atomic E-state index is 0.0210. The van der Waals surface area contributed by atoms with Crippen molar-refractivity contribution < 1.29 is 24.4 Å². The third-order valence-electron chi connectivity index (χ3n) is 5.01. The van der Waals surface area contributed by atoms with Gasteiger partial charge < -0.3 is 25.0 Å². The highest BCUT2D eigenvalue weighted by molar-refractivity contribution is 6.47. The molecule has 2 heterocycles. The van der Waals surface area contributed by atoms with Gasteiger partial charge in [0.15, 0.2) is 0 Å². The molecule has 1 amide bonds. The van der Waals surface area contributed by atoms with Crippen LogP contribution in [0.4, 0.5) is 0 Å². The quantitative estimate of drug-likeness (QED) is 0.689. The lowest BCUT2D eigenvalue weighted by atomic mass is 9.72. The number of piperidine rings is 1. The average Bonchev–Trinajstić information content (AvgIpc) is 2.57. The maximum atomic E-state index is 12.3. The number of benzene rings is 1. The summed E-state index contributed by atoms with van der Waals surface area (Å²) in [4.78, 5) is 25.8. The van der Waals surface area contributed by atoms with E-state index in [0.717, 1.165) is 25.9 Å². The number of carbonyl (C=O) groups excluding carboxylic acids is 1. The van der Waals surface area contributed by atoms with E-state index in [0.29, 0.717) is 24.3 Å². The first kappa shape index (κ1) is 17.8. The van der Waals surface area contributed by atoms with E-state index in [1.807, 2.05) is 0 Å². The molecule has 2 aliphatic heterocycles. The van der Waals surface area contributed by atoms with Gasteiger partial charge in [0.2, 0.25) is 5.91 Å². The van der Waals surface area contributed by atoms with Crippen LogP contribution in [0.5, 0.6) is 5.75 Å². The number of amides is 1. The molecule has 3 N–H and O–H groups in total. The van der Waals surface area contributed by atoms with Crippen LogP contribution >= 0.6 is 0 Å². The lowest BCUT2D eigenvalue weighted by Crippen LogP contribution is -2.53. The number of fused-ring (bicyclic) bond motifs is 1. The Kier molecular flexibility index (Phi) is 5.29. The van der Waals surface area contributed by atoms with E-state index in [2.05, 4.69) is 17.3 Å². The third kappa shape index (κ3) is 4.14. The van der Waals surface area contributed by atoms with Crippen molar-refractivity contribution in [1.82, 2.24) is 10.2 Å². The molecule has 0 spiro atoms. The molecule has 1 saturated heterocycles. The molecule has 1 aromatic carbocycles. The molecule has 1 fully saturated rings. The zero-order chi connectivity index (χ0) is 18.0. The summed E-state index contributed by atoms with van der Waals surface area (Å²) in [5.74, 6) is -1.23. The van der Waals surface area contributed by atoms with Gasteiger partial charge in [-0.25, -0.2) is 4.79 Å². The Morgan fingerprint density at radius 1 is 1.36 bits per heavy atom. The summed E-state index contributed by atoms with van der Waals surface area (Å²) in [6.45, 7) is 2.00. The first-order valence-corrected chi connectivity index (χ1v) is 8.62. The van der Waals surface area contributed by atoms with Crippen molar-refractivity contribution in [2.45, 2.75) is 31.6 Å². The molecule has 3 rings (SSSR count). The Bertz CT molecular complexity index is 660. The van der Waals surface area contributed by atoms with Crippen LogP contribution in [-0.4, -0.2) is 60.1 Å². The molecule has 1 unspecified atom stereocenters. The number of rotatable bonds is 4. The fourth-order valence-electron chi connectivity index (χ4n) is 3.51. The van der Waals surface area contributed by atoms with E-state index in [1.165, 1.54) is 6.07 Å². The smallest absolute Gasteiger partial charge is 0.534 e. The molecule has 0 aliphatic carbocycles. The summed E-state index contributed by atoms with van der Waals surface area (Å²) >= 11 is 0. The molecule has 0 bridgehead atoms. The number of hydrogen-bond acceptors (Lipinski definition) is 5. The van der Waals surface area contributed by atoms with Gasteiger partial charge in [0, 0.05) is 6.42 Å². The topological polar surface area (TPSA) is 99.1 Å². The normalized spacial score (nSPS) is 21.4. The number of likely N-dealkylation sites (tertiary alicyclic amines) is 1. The van der Waals surface area contributed by atoms with Crippen LogP contribution in [0.2, 0.25) is 0 Å². The summed E-state index contributed by atoms with van der Waals surface area (Å²) < 4.78 is 5.40. The summed E-state index contributed by atoms with van der Waals surface area (Å²) in [7, 11) is 0.823. The summed E-state index contributed by atoms with van der Waals surface area (Å²) in [6, 6.07) is 4.83. The number of carbonyl (C=O) groups is 2. The van der Waals surface area contributed by atoms with Gasteiger partial charge in [0.05, 0.1) is 11.5 Å². The molecule has 0 radical (unpaired) electrons. The van der Waals surface area contributed by atoms with Gasteiger partial charge in [0.1, 0.15) is 5.75 Å². The minimum Gasteiger partial charge on any atom is -0.534 e. The van der Waals surface area contributed by atoms with Crippen molar-refractivity contribution >= 4 is 19.0 Å². The molecule has 134 valence electrons. The first-order chi connectivity index (χ1) is 11.9. The van der Waals surface area contributed by atoms with Crippen molar-refractivity contribution in [2.75, 3.05) is 20.1 Å². The summed E-state index contributed by atoms with van der Waals surface area (Å²) in [5, 5.41) is 22.2. The van der Waals surface area contributed by atoms with Crippen molar-refractivity contribution in [1.29, 1.82) is 0 Å². The van der Waals surface area contributed by atoms with Crippen LogP contribution in [0, 0.1) is 5.92 Å². The molecular formula is C17H23BN2O5. The SMILES string of the molecule is CN1CCC(CC(=O)NC2Cc3cccc(C(=O)O)c3OB2O)CC1. The van der Waals surface area contributed by atoms with E-state index in [4.69, 9.17) is 4.65 Å². The number of nitrogens with one attached hydrogen (secondary N) is 1. The Balaban J connectivity index is 1.61. The highest BCUT2D eigenvalue weighted by Crippen LogP contribution is 2.30. The molecule has 1 atom stereocenters. The second kappa shape index (κ2) is 7.45. The van der Waals surface area contributed by atoms with Crippen LogP contribution in [0.1, 0.15) is 35.2 Å². The number of carboxylic acids is 1. The van der Waals surface area contributed by atoms with Gasteiger partial charge in [-0.1, -0.05) is 12.1 Å². The zero-order valence-corrected chi connectivity index (χ0v) is 14.3. The van der Waals surface area contributed by atoms with E-state index in [1.54, 1.807) is 12.1 Å². The predicted molar refractivity (Wildman–Crippen MR) is 92.5 cm³/mol. The number of nitrogens with zero attached hydrogens (tertiary/aromatic N) is 1. The van der Waals surface area contributed by atoms with Crippen LogP contribution in [0.25, 0.3) is 0 Å². The second-order valence-electron chi connectivity index (χ2n) is 6.94. The standard InChI is InChI=1S/C17H23BN2O5/c1-20-7-5-11(6-8-20)9-15(21)19-14-10-12-3-2-4-13(17(22)23)16(12)25-18(14)24/h2-4,11,14,24H,5-10H2,1H3,(H,19,21)(H,22,23). The lowest BCUT2D eigenvalue weighted by molar-refractivity contribution is -0.122. The molecule has 2 aliphatic rings. The summed E-state index contributed by atoms with van der Waals surface area (Å²) in [6.07, 6.45) is 2.78. The Hall–Kier alpha value is -2.06. The van der Waals surface area contributed by atoms with Crippen LogP contribution in [0.3, 0.4) is 0 Å².